The van der Waals surface area contributed by atoms with Gasteiger partial charge in [-0.1, -0.05) is 29.3 Å². The Morgan fingerprint density at radius 2 is 1.78 bits per heavy atom. The molecule has 0 bridgehead atoms. The molecule has 1 saturated heterocycles. The summed E-state index contributed by atoms with van der Waals surface area (Å²) in [5.41, 5.74) is 0.904. The van der Waals surface area contributed by atoms with Gasteiger partial charge in [-0.25, -0.2) is 0 Å². The molecule has 0 atom stereocenters. The molecular formula is C11H9Cl2N3O2. The molecule has 0 radical (unpaired) electrons. The van der Waals surface area contributed by atoms with Crippen molar-refractivity contribution in [3.05, 3.63) is 33.8 Å². The standard InChI is InChI=1S/C11H9Cl2N3O2/c12-7-2-1-6(8(13)5-7)3-4-14-11-15-9(17)10(18)16-11/h1-2,5H,3-4H2,(H2,14,15,16,17,18). The zero-order chi connectivity index (χ0) is 13.1. The first kappa shape index (κ1) is 12.9. The van der Waals surface area contributed by atoms with E-state index in [4.69, 9.17) is 23.2 Å². The van der Waals surface area contributed by atoms with E-state index in [9.17, 15) is 9.59 Å². The van der Waals surface area contributed by atoms with Crippen molar-refractivity contribution in [2.45, 2.75) is 6.42 Å². The third kappa shape index (κ3) is 3.00. The lowest BCUT2D eigenvalue weighted by atomic mass is 10.1. The van der Waals surface area contributed by atoms with Gasteiger partial charge in [-0.3, -0.25) is 25.2 Å². The molecule has 0 spiro atoms. The molecule has 0 unspecified atom stereocenters. The van der Waals surface area contributed by atoms with E-state index in [1.807, 2.05) is 6.07 Å². The van der Waals surface area contributed by atoms with Crippen LogP contribution in [0.5, 0.6) is 0 Å². The van der Waals surface area contributed by atoms with Gasteiger partial charge in [0.15, 0.2) is 0 Å². The summed E-state index contributed by atoms with van der Waals surface area (Å²) in [6.45, 7) is 0.400. The van der Waals surface area contributed by atoms with Crippen molar-refractivity contribution in [2.24, 2.45) is 4.99 Å². The SMILES string of the molecule is O=C1NC(=NCCc2ccc(Cl)cc2Cl)NC1=O. The Labute approximate surface area is 113 Å². The molecule has 1 aromatic rings. The van der Waals surface area contributed by atoms with Gasteiger partial charge < -0.3 is 0 Å². The maximum Gasteiger partial charge on any atom is 0.316 e. The lowest BCUT2D eigenvalue weighted by molar-refractivity contribution is -0.135. The second-order valence-corrected chi connectivity index (χ2v) is 4.47. The third-order valence-corrected chi connectivity index (χ3v) is 2.92. The largest absolute Gasteiger partial charge is 0.316 e. The fraction of sp³-hybridized carbons (Fsp3) is 0.182. The van der Waals surface area contributed by atoms with Crippen molar-refractivity contribution in [1.82, 2.24) is 10.6 Å². The van der Waals surface area contributed by atoms with Crippen molar-refractivity contribution >= 4 is 41.0 Å². The summed E-state index contributed by atoms with van der Waals surface area (Å²) < 4.78 is 0. The molecule has 7 heteroatoms. The van der Waals surface area contributed by atoms with Gasteiger partial charge in [0.1, 0.15) is 0 Å². The Morgan fingerprint density at radius 3 is 2.39 bits per heavy atom. The van der Waals surface area contributed by atoms with E-state index < -0.39 is 11.8 Å². The van der Waals surface area contributed by atoms with Crippen molar-refractivity contribution in [3.8, 4) is 0 Å². The number of rotatable bonds is 3. The quantitative estimate of drug-likeness (QED) is 0.818. The predicted octanol–water partition coefficient (Wildman–Crippen LogP) is 1.14. The van der Waals surface area contributed by atoms with Crippen LogP contribution in [0.4, 0.5) is 0 Å². The number of amides is 2. The molecule has 0 aliphatic carbocycles. The third-order valence-electron chi connectivity index (χ3n) is 2.34. The van der Waals surface area contributed by atoms with Crippen molar-refractivity contribution < 1.29 is 9.59 Å². The summed E-state index contributed by atoms with van der Waals surface area (Å²) in [5.74, 6) is -1.22. The fourth-order valence-corrected chi connectivity index (χ4v) is 1.95. The highest BCUT2D eigenvalue weighted by Crippen LogP contribution is 2.21. The van der Waals surface area contributed by atoms with Gasteiger partial charge in [0.25, 0.3) is 0 Å². The van der Waals surface area contributed by atoms with E-state index in [1.54, 1.807) is 12.1 Å². The summed E-state index contributed by atoms with van der Waals surface area (Å²) in [5, 5.41) is 5.77. The second-order valence-electron chi connectivity index (χ2n) is 3.62. The number of halogens is 2. The Morgan fingerprint density at radius 1 is 1.11 bits per heavy atom. The highest BCUT2D eigenvalue weighted by molar-refractivity contribution is 6.45. The minimum Gasteiger partial charge on any atom is -0.288 e. The molecule has 2 N–H and O–H groups in total. The lowest BCUT2D eigenvalue weighted by Gasteiger charge is -2.03. The number of hydrogen-bond donors (Lipinski definition) is 2. The topological polar surface area (TPSA) is 70.6 Å². The smallest absolute Gasteiger partial charge is 0.288 e. The number of benzene rings is 1. The predicted molar refractivity (Wildman–Crippen MR) is 68.8 cm³/mol. The Bertz CT molecular complexity index is 525. The molecular weight excluding hydrogens is 277 g/mol. The minimum atomic E-state index is -0.696. The summed E-state index contributed by atoms with van der Waals surface area (Å²) in [6.07, 6.45) is 0.589. The first-order valence-corrected chi connectivity index (χ1v) is 5.92. The first-order chi connectivity index (χ1) is 8.56. The first-order valence-electron chi connectivity index (χ1n) is 5.17. The number of carbonyl (C=O) groups is 2. The average molecular weight is 286 g/mol. The van der Waals surface area contributed by atoms with Crippen LogP contribution < -0.4 is 10.6 Å². The maximum absolute atomic E-state index is 10.9. The number of nitrogens with zero attached hydrogens (tertiary/aromatic N) is 1. The van der Waals surface area contributed by atoms with Crippen LogP contribution in [-0.4, -0.2) is 24.3 Å². The summed E-state index contributed by atoms with van der Waals surface area (Å²) >= 11 is 11.8. The van der Waals surface area contributed by atoms with Gasteiger partial charge in [-0.2, -0.15) is 0 Å². The highest BCUT2D eigenvalue weighted by Gasteiger charge is 2.24. The van der Waals surface area contributed by atoms with Gasteiger partial charge in [0, 0.05) is 16.6 Å². The molecule has 1 heterocycles. The number of aliphatic imine (C=N–C) groups is 1. The van der Waals surface area contributed by atoms with Gasteiger partial charge in [0.2, 0.25) is 5.96 Å². The zero-order valence-corrected chi connectivity index (χ0v) is 10.7. The molecule has 2 amide bonds. The van der Waals surface area contributed by atoms with E-state index >= 15 is 0 Å². The van der Waals surface area contributed by atoms with Crippen LogP contribution in [-0.2, 0) is 16.0 Å². The van der Waals surface area contributed by atoms with Crippen LogP contribution in [0.3, 0.4) is 0 Å². The van der Waals surface area contributed by atoms with Crippen LogP contribution in [0.25, 0.3) is 0 Å². The Balaban J connectivity index is 1.94. The molecule has 2 rings (SSSR count). The van der Waals surface area contributed by atoms with Crippen molar-refractivity contribution in [1.29, 1.82) is 0 Å². The van der Waals surface area contributed by atoms with E-state index in [0.717, 1.165) is 5.56 Å². The normalized spacial score (nSPS) is 14.4. The van der Waals surface area contributed by atoms with Crippen LogP contribution in [0.15, 0.2) is 23.2 Å². The highest BCUT2D eigenvalue weighted by atomic mass is 35.5. The van der Waals surface area contributed by atoms with Crippen LogP contribution in [0.2, 0.25) is 10.0 Å². The molecule has 1 aliphatic heterocycles. The number of guanidine groups is 1. The molecule has 0 aromatic heterocycles. The second kappa shape index (κ2) is 5.37. The van der Waals surface area contributed by atoms with Crippen molar-refractivity contribution in [2.75, 3.05) is 6.54 Å². The van der Waals surface area contributed by atoms with Crippen LogP contribution in [0.1, 0.15) is 5.56 Å². The summed E-state index contributed by atoms with van der Waals surface area (Å²) in [4.78, 5) is 25.8. The van der Waals surface area contributed by atoms with E-state index in [1.165, 1.54) is 0 Å². The summed E-state index contributed by atoms with van der Waals surface area (Å²) in [7, 11) is 0. The molecule has 0 saturated carbocycles. The van der Waals surface area contributed by atoms with Crippen LogP contribution in [0, 0.1) is 0 Å². The molecule has 1 aliphatic rings. The molecule has 94 valence electrons. The summed E-state index contributed by atoms with van der Waals surface area (Å²) in [6, 6.07) is 5.22. The molecule has 18 heavy (non-hydrogen) atoms. The van der Waals surface area contributed by atoms with E-state index in [0.29, 0.717) is 23.0 Å². The van der Waals surface area contributed by atoms with Gasteiger partial charge in [0.05, 0.1) is 0 Å². The number of carbonyl (C=O) groups excluding carboxylic acids is 2. The number of nitrogens with one attached hydrogen (secondary N) is 2. The van der Waals surface area contributed by atoms with E-state index in [2.05, 4.69) is 15.6 Å². The zero-order valence-electron chi connectivity index (χ0n) is 9.17. The monoisotopic (exact) mass is 285 g/mol. The molecule has 1 aromatic carbocycles. The van der Waals surface area contributed by atoms with Gasteiger partial charge in [-0.05, 0) is 24.1 Å². The Kier molecular flexibility index (Phi) is 3.84. The maximum atomic E-state index is 10.9. The molecule has 5 nitrogen and oxygen atoms in total. The Hall–Kier alpha value is -1.59. The lowest BCUT2D eigenvalue weighted by Crippen LogP contribution is -2.26. The number of hydrogen-bond acceptors (Lipinski definition) is 3. The van der Waals surface area contributed by atoms with Gasteiger partial charge >= 0.3 is 11.8 Å². The average Bonchev–Trinajstić information content (AvgIpc) is 2.61. The molecule has 1 fully saturated rings. The van der Waals surface area contributed by atoms with E-state index in [-0.39, 0.29) is 5.96 Å². The van der Waals surface area contributed by atoms with Crippen LogP contribution >= 0.6 is 23.2 Å². The van der Waals surface area contributed by atoms with Crippen molar-refractivity contribution in [3.63, 3.8) is 0 Å². The fourth-order valence-electron chi connectivity index (χ4n) is 1.45. The minimum absolute atomic E-state index is 0.176. The van der Waals surface area contributed by atoms with Gasteiger partial charge in [-0.15, -0.1) is 0 Å².